The first kappa shape index (κ1) is 23.8. The predicted octanol–water partition coefficient (Wildman–Crippen LogP) is 4.67. The van der Waals surface area contributed by atoms with Gasteiger partial charge in [-0.3, -0.25) is 4.79 Å². The Balaban J connectivity index is 1.57. The number of sulfonamides is 1. The van der Waals surface area contributed by atoms with Gasteiger partial charge in [-0.25, -0.2) is 26.3 Å². The molecule has 1 N–H and O–H groups in total. The first-order chi connectivity index (χ1) is 16.1. The van der Waals surface area contributed by atoms with E-state index in [1.807, 2.05) is 0 Å². The predicted molar refractivity (Wildman–Crippen MR) is 125 cm³/mol. The van der Waals surface area contributed by atoms with E-state index in [-0.39, 0.29) is 20.7 Å². The van der Waals surface area contributed by atoms with Crippen molar-refractivity contribution in [1.82, 2.24) is 4.31 Å². The van der Waals surface area contributed by atoms with Crippen molar-refractivity contribution in [2.24, 2.45) is 5.10 Å². The number of hydrogen-bond donors (Lipinski definition) is 1. The summed E-state index contributed by atoms with van der Waals surface area (Å²) in [6, 6.07) is 11.7. The van der Waals surface area contributed by atoms with Gasteiger partial charge in [0.1, 0.15) is 9.90 Å². The maximum atomic E-state index is 14.8. The summed E-state index contributed by atoms with van der Waals surface area (Å²) in [5.74, 6) is -2.97. The summed E-state index contributed by atoms with van der Waals surface area (Å²) in [5, 5.41) is 6.82. The molecule has 0 bridgehead atoms. The summed E-state index contributed by atoms with van der Waals surface area (Å²) < 4.78 is 55.1. The van der Waals surface area contributed by atoms with Gasteiger partial charge in [0.15, 0.2) is 11.6 Å². The third-order valence-corrected chi connectivity index (χ3v) is 8.25. The fraction of sp³-hybridized carbons (Fsp3) is 0.0952. The van der Waals surface area contributed by atoms with Crippen molar-refractivity contribution in [2.45, 2.75) is 10.6 Å². The lowest BCUT2D eigenvalue weighted by Gasteiger charge is -2.18. The highest BCUT2D eigenvalue weighted by molar-refractivity contribution is 7.91. The van der Waals surface area contributed by atoms with Gasteiger partial charge in [0, 0.05) is 12.7 Å². The SMILES string of the molecule is CN(C(=O)Nc1cc(F)c(N2N=C(c3ccccc3)CC2=O)c(F)c1)S(=O)(=O)c1ccc(Cl)s1. The number of nitrogens with one attached hydrogen (secondary N) is 1. The third-order valence-electron chi connectivity index (χ3n) is 4.81. The second-order valence-corrected chi connectivity index (χ2v) is 11.0. The lowest BCUT2D eigenvalue weighted by Crippen LogP contribution is -2.36. The number of halogens is 3. The van der Waals surface area contributed by atoms with E-state index in [0.717, 1.165) is 30.5 Å². The minimum absolute atomic E-state index is 0.142. The van der Waals surface area contributed by atoms with Gasteiger partial charge >= 0.3 is 6.03 Å². The molecule has 0 saturated heterocycles. The highest BCUT2D eigenvalue weighted by atomic mass is 35.5. The lowest BCUT2D eigenvalue weighted by atomic mass is 10.1. The zero-order valence-corrected chi connectivity index (χ0v) is 19.7. The van der Waals surface area contributed by atoms with Crippen molar-refractivity contribution in [3.05, 3.63) is 76.1 Å². The summed E-state index contributed by atoms with van der Waals surface area (Å²) in [5.41, 5.74) is -0.0707. The Morgan fingerprint density at radius 3 is 2.38 bits per heavy atom. The van der Waals surface area contributed by atoms with Crippen LogP contribution in [-0.2, 0) is 14.8 Å². The molecule has 3 aromatic rings. The number of anilines is 2. The van der Waals surface area contributed by atoms with Crippen molar-refractivity contribution in [3.63, 3.8) is 0 Å². The molecule has 2 heterocycles. The first-order valence-corrected chi connectivity index (χ1v) is 12.2. The molecule has 3 amide bonds. The lowest BCUT2D eigenvalue weighted by molar-refractivity contribution is -0.117. The number of thiophene rings is 1. The number of carbonyl (C=O) groups is 2. The number of hydrazone groups is 1. The Hall–Kier alpha value is -3.35. The molecule has 1 aliphatic rings. The number of nitrogens with zero attached hydrogens (tertiary/aromatic N) is 3. The van der Waals surface area contributed by atoms with Crippen LogP contribution in [0.4, 0.5) is 25.0 Å². The van der Waals surface area contributed by atoms with Gasteiger partial charge in [-0.15, -0.1) is 11.3 Å². The Bertz CT molecular complexity index is 1400. The summed E-state index contributed by atoms with van der Waals surface area (Å²) in [6.07, 6.45) is -0.142. The second kappa shape index (κ2) is 9.12. The van der Waals surface area contributed by atoms with Crippen LogP contribution in [0.1, 0.15) is 12.0 Å². The Labute approximate surface area is 202 Å². The van der Waals surface area contributed by atoms with E-state index in [2.05, 4.69) is 10.4 Å². The molecule has 0 atom stereocenters. The van der Waals surface area contributed by atoms with Crippen LogP contribution >= 0.6 is 22.9 Å². The van der Waals surface area contributed by atoms with Crippen LogP contribution in [0.25, 0.3) is 0 Å². The molecule has 1 aromatic heterocycles. The van der Waals surface area contributed by atoms with E-state index >= 15 is 0 Å². The van der Waals surface area contributed by atoms with Crippen molar-refractivity contribution in [1.29, 1.82) is 0 Å². The van der Waals surface area contributed by atoms with Gasteiger partial charge in [-0.05, 0) is 29.8 Å². The normalized spacial score (nSPS) is 13.7. The van der Waals surface area contributed by atoms with Crippen LogP contribution in [0.5, 0.6) is 0 Å². The number of carbonyl (C=O) groups excluding carboxylic acids is 2. The quantitative estimate of drug-likeness (QED) is 0.524. The Kier molecular flexibility index (Phi) is 6.39. The molecule has 8 nitrogen and oxygen atoms in total. The van der Waals surface area contributed by atoms with Crippen molar-refractivity contribution >= 4 is 62.0 Å². The third kappa shape index (κ3) is 4.52. The molecule has 13 heteroatoms. The van der Waals surface area contributed by atoms with Crippen LogP contribution in [0.2, 0.25) is 4.34 Å². The number of amides is 3. The van der Waals surface area contributed by atoms with E-state index in [0.29, 0.717) is 20.6 Å². The second-order valence-electron chi connectivity index (χ2n) is 7.04. The fourth-order valence-corrected chi connectivity index (χ4v) is 5.83. The van der Waals surface area contributed by atoms with Gasteiger partial charge in [0.2, 0.25) is 0 Å². The van der Waals surface area contributed by atoms with Gasteiger partial charge in [0.25, 0.3) is 15.9 Å². The van der Waals surface area contributed by atoms with Crippen LogP contribution in [0.15, 0.2) is 63.9 Å². The first-order valence-electron chi connectivity index (χ1n) is 9.58. The number of hydrogen-bond acceptors (Lipinski definition) is 6. The van der Waals surface area contributed by atoms with Gasteiger partial charge < -0.3 is 5.32 Å². The highest BCUT2D eigenvalue weighted by Crippen LogP contribution is 2.32. The largest absolute Gasteiger partial charge is 0.335 e. The van der Waals surface area contributed by atoms with Gasteiger partial charge in [-0.1, -0.05) is 41.9 Å². The molecule has 2 aromatic carbocycles. The number of benzene rings is 2. The molecule has 1 aliphatic heterocycles. The van der Waals surface area contributed by atoms with E-state index in [9.17, 15) is 26.8 Å². The van der Waals surface area contributed by atoms with Crippen LogP contribution in [0, 0.1) is 11.6 Å². The van der Waals surface area contributed by atoms with Crippen LogP contribution < -0.4 is 10.3 Å². The number of rotatable bonds is 5. The Morgan fingerprint density at radius 2 is 1.79 bits per heavy atom. The van der Waals surface area contributed by atoms with Gasteiger partial charge in [0.05, 0.1) is 16.5 Å². The average Bonchev–Trinajstić information content (AvgIpc) is 3.40. The van der Waals surface area contributed by atoms with Crippen LogP contribution in [0.3, 0.4) is 0 Å². The standard InChI is InChI=1S/C21H15ClF2N4O4S2/c1-27(34(31,32)19-8-7-17(22)33-19)21(30)25-13-9-14(23)20(15(24)10-13)28-18(29)11-16(26-28)12-5-3-2-4-6-12/h2-10H,11H2,1H3,(H,25,30). The fourth-order valence-electron chi connectivity index (χ4n) is 3.12. The molecule has 34 heavy (non-hydrogen) atoms. The molecule has 4 rings (SSSR count). The molecular weight excluding hydrogens is 510 g/mol. The zero-order valence-electron chi connectivity index (χ0n) is 17.3. The molecule has 0 fully saturated rings. The van der Waals surface area contributed by atoms with Crippen molar-refractivity contribution in [3.8, 4) is 0 Å². The Morgan fingerprint density at radius 1 is 1.15 bits per heavy atom. The smallest absolute Gasteiger partial charge is 0.307 e. The van der Waals surface area contributed by atoms with E-state index in [1.165, 1.54) is 12.1 Å². The minimum Gasteiger partial charge on any atom is -0.307 e. The molecule has 0 saturated carbocycles. The highest BCUT2D eigenvalue weighted by Gasteiger charge is 2.32. The summed E-state index contributed by atoms with van der Waals surface area (Å²) in [7, 11) is -3.23. The van der Waals surface area contributed by atoms with Crippen molar-refractivity contribution < 1.29 is 26.8 Å². The van der Waals surface area contributed by atoms with Crippen molar-refractivity contribution in [2.75, 3.05) is 17.4 Å². The topological polar surface area (TPSA) is 99.2 Å². The maximum absolute atomic E-state index is 14.8. The summed E-state index contributed by atoms with van der Waals surface area (Å²) >= 11 is 6.50. The van der Waals surface area contributed by atoms with E-state index in [4.69, 9.17) is 11.6 Å². The molecule has 0 aliphatic carbocycles. The summed E-state index contributed by atoms with van der Waals surface area (Å²) in [6.45, 7) is 0. The molecule has 176 valence electrons. The van der Waals surface area contributed by atoms with E-state index < -0.39 is 39.3 Å². The molecule has 0 spiro atoms. The maximum Gasteiger partial charge on any atom is 0.335 e. The average molecular weight is 525 g/mol. The molecule has 0 radical (unpaired) electrons. The van der Waals surface area contributed by atoms with E-state index in [1.54, 1.807) is 30.3 Å². The summed E-state index contributed by atoms with van der Waals surface area (Å²) in [4.78, 5) is 24.8. The molecule has 0 unspecified atom stereocenters. The number of urea groups is 1. The zero-order chi connectivity index (χ0) is 24.6. The molecular formula is C21H15ClF2N4O4S2. The van der Waals surface area contributed by atoms with Crippen LogP contribution in [-0.4, -0.2) is 37.4 Å². The monoisotopic (exact) mass is 524 g/mol. The van der Waals surface area contributed by atoms with Gasteiger partial charge in [-0.2, -0.15) is 10.1 Å². The minimum atomic E-state index is -4.22.